The molecule has 16 heavy (non-hydrogen) atoms. The molecule has 0 fully saturated rings. The van der Waals surface area contributed by atoms with Crippen molar-refractivity contribution in [2.24, 2.45) is 0 Å². The molecule has 2 aromatic rings. The van der Waals surface area contributed by atoms with Crippen LogP contribution in [0.2, 0.25) is 0 Å². The molecule has 0 aliphatic carbocycles. The summed E-state index contributed by atoms with van der Waals surface area (Å²) in [6.45, 7) is 0. The van der Waals surface area contributed by atoms with Crippen molar-refractivity contribution in [1.29, 1.82) is 0 Å². The molecule has 2 rings (SSSR count). The van der Waals surface area contributed by atoms with E-state index in [1.807, 2.05) is 18.2 Å². The summed E-state index contributed by atoms with van der Waals surface area (Å²) in [5.41, 5.74) is 6.34. The predicted octanol–water partition coefficient (Wildman–Crippen LogP) is 2.28. The van der Waals surface area contributed by atoms with Gasteiger partial charge in [0, 0.05) is 10.1 Å². The van der Waals surface area contributed by atoms with Crippen molar-refractivity contribution in [3.8, 4) is 5.75 Å². The molecule has 0 unspecified atom stereocenters. The van der Waals surface area contributed by atoms with E-state index < -0.39 is 5.97 Å². The SMILES string of the molecule is COC(=O)c1sc2ccc(OC)cc2c1N. The number of benzene rings is 1. The second kappa shape index (κ2) is 4.02. The fourth-order valence-electron chi connectivity index (χ4n) is 1.47. The normalized spacial score (nSPS) is 10.4. The quantitative estimate of drug-likeness (QED) is 0.814. The van der Waals surface area contributed by atoms with Gasteiger partial charge in [-0.15, -0.1) is 11.3 Å². The third-order valence-corrected chi connectivity index (χ3v) is 3.47. The molecule has 0 bridgehead atoms. The van der Waals surface area contributed by atoms with E-state index in [1.165, 1.54) is 18.4 Å². The van der Waals surface area contributed by atoms with E-state index >= 15 is 0 Å². The van der Waals surface area contributed by atoms with Gasteiger partial charge in [0.1, 0.15) is 10.6 Å². The summed E-state index contributed by atoms with van der Waals surface area (Å²) >= 11 is 1.32. The first-order valence-electron chi connectivity index (χ1n) is 4.61. The largest absolute Gasteiger partial charge is 0.497 e. The summed E-state index contributed by atoms with van der Waals surface area (Å²) in [7, 11) is 2.93. The van der Waals surface area contributed by atoms with Gasteiger partial charge in [0.05, 0.1) is 19.9 Å². The highest BCUT2D eigenvalue weighted by Gasteiger charge is 2.16. The minimum absolute atomic E-state index is 0.405. The predicted molar refractivity (Wildman–Crippen MR) is 64.1 cm³/mol. The van der Waals surface area contributed by atoms with E-state index in [0.29, 0.717) is 16.3 Å². The molecule has 2 N–H and O–H groups in total. The maximum absolute atomic E-state index is 11.4. The third kappa shape index (κ3) is 1.59. The van der Waals surface area contributed by atoms with Gasteiger partial charge in [0.2, 0.25) is 0 Å². The van der Waals surface area contributed by atoms with Crippen LogP contribution >= 0.6 is 11.3 Å². The summed E-state index contributed by atoms with van der Waals surface area (Å²) in [6, 6.07) is 5.52. The highest BCUT2D eigenvalue weighted by molar-refractivity contribution is 7.21. The summed E-state index contributed by atoms with van der Waals surface area (Å²) < 4.78 is 10.7. The van der Waals surface area contributed by atoms with Crippen LogP contribution in [0.1, 0.15) is 9.67 Å². The van der Waals surface area contributed by atoms with Crippen LogP contribution in [0.3, 0.4) is 0 Å². The molecule has 0 spiro atoms. The first kappa shape index (κ1) is 10.8. The van der Waals surface area contributed by atoms with Crippen molar-refractivity contribution in [3.63, 3.8) is 0 Å². The lowest BCUT2D eigenvalue weighted by atomic mass is 10.2. The minimum Gasteiger partial charge on any atom is -0.497 e. The van der Waals surface area contributed by atoms with Crippen molar-refractivity contribution in [1.82, 2.24) is 0 Å². The van der Waals surface area contributed by atoms with Gasteiger partial charge in [-0.05, 0) is 18.2 Å². The van der Waals surface area contributed by atoms with Crippen LogP contribution in [0.15, 0.2) is 18.2 Å². The smallest absolute Gasteiger partial charge is 0.350 e. The summed E-state index contributed by atoms with van der Waals surface area (Å²) in [6.07, 6.45) is 0. The van der Waals surface area contributed by atoms with E-state index in [9.17, 15) is 4.79 Å². The molecular weight excluding hydrogens is 226 g/mol. The zero-order chi connectivity index (χ0) is 11.7. The van der Waals surface area contributed by atoms with Crippen molar-refractivity contribution >= 4 is 33.1 Å². The Hall–Kier alpha value is -1.75. The number of anilines is 1. The van der Waals surface area contributed by atoms with Crippen LogP contribution in [0.5, 0.6) is 5.75 Å². The van der Waals surface area contributed by atoms with E-state index in [-0.39, 0.29) is 0 Å². The highest BCUT2D eigenvalue weighted by atomic mass is 32.1. The number of carbonyl (C=O) groups excluding carboxylic acids is 1. The van der Waals surface area contributed by atoms with Gasteiger partial charge in [-0.1, -0.05) is 0 Å². The van der Waals surface area contributed by atoms with Crippen LogP contribution in [0, 0.1) is 0 Å². The molecule has 0 saturated carbocycles. The van der Waals surface area contributed by atoms with Crippen LogP contribution in [0.25, 0.3) is 10.1 Å². The van der Waals surface area contributed by atoms with Gasteiger partial charge < -0.3 is 15.2 Å². The van der Waals surface area contributed by atoms with Gasteiger partial charge >= 0.3 is 5.97 Å². The van der Waals surface area contributed by atoms with Gasteiger partial charge in [0.25, 0.3) is 0 Å². The number of esters is 1. The molecule has 84 valence electrons. The molecule has 0 atom stereocenters. The first-order chi connectivity index (χ1) is 7.67. The Morgan fingerprint density at radius 1 is 1.38 bits per heavy atom. The molecule has 0 amide bonds. The monoisotopic (exact) mass is 237 g/mol. The zero-order valence-corrected chi connectivity index (χ0v) is 9.76. The topological polar surface area (TPSA) is 61.5 Å². The van der Waals surface area contributed by atoms with Gasteiger partial charge in [-0.2, -0.15) is 0 Å². The third-order valence-electron chi connectivity index (χ3n) is 2.30. The fourth-order valence-corrected chi connectivity index (χ4v) is 2.49. The Morgan fingerprint density at radius 2 is 2.12 bits per heavy atom. The number of rotatable bonds is 2. The number of hydrogen-bond donors (Lipinski definition) is 1. The lowest BCUT2D eigenvalue weighted by molar-refractivity contribution is 0.0607. The number of nitrogen functional groups attached to an aromatic ring is 1. The molecule has 1 aromatic carbocycles. The average molecular weight is 237 g/mol. The van der Waals surface area contributed by atoms with E-state index in [4.69, 9.17) is 10.5 Å². The molecular formula is C11H11NO3S. The first-order valence-corrected chi connectivity index (χ1v) is 5.43. The standard InChI is InChI=1S/C11H11NO3S/c1-14-6-3-4-8-7(5-6)9(12)10(16-8)11(13)15-2/h3-5H,12H2,1-2H3. The number of hydrogen-bond acceptors (Lipinski definition) is 5. The number of nitrogens with two attached hydrogens (primary N) is 1. The Balaban J connectivity index is 2.64. The van der Waals surface area contributed by atoms with Gasteiger partial charge in [0.15, 0.2) is 0 Å². The highest BCUT2D eigenvalue weighted by Crippen LogP contribution is 2.36. The van der Waals surface area contributed by atoms with E-state index in [0.717, 1.165) is 10.1 Å². The molecule has 1 heterocycles. The van der Waals surface area contributed by atoms with Crippen molar-refractivity contribution < 1.29 is 14.3 Å². The molecule has 0 aliphatic rings. The Morgan fingerprint density at radius 3 is 2.75 bits per heavy atom. The minimum atomic E-state index is -0.405. The lowest BCUT2D eigenvalue weighted by Crippen LogP contribution is -2.01. The average Bonchev–Trinajstić information content (AvgIpc) is 2.65. The van der Waals surface area contributed by atoms with Crippen molar-refractivity contribution in [2.45, 2.75) is 0 Å². The molecule has 0 saturated heterocycles. The van der Waals surface area contributed by atoms with Crippen LogP contribution in [-0.4, -0.2) is 20.2 Å². The molecule has 1 aromatic heterocycles. The number of fused-ring (bicyclic) bond motifs is 1. The van der Waals surface area contributed by atoms with E-state index in [2.05, 4.69) is 4.74 Å². The summed E-state index contributed by atoms with van der Waals surface area (Å²) in [4.78, 5) is 11.9. The lowest BCUT2D eigenvalue weighted by Gasteiger charge is -1.99. The van der Waals surface area contributed by atoms with Gasteiger partial charge in [-0.3, -0.25) is 0 Å². The number of thiophene rings is 1. The fraction of sp³-hybridized carbons (Fsp3) is 0.182. The molecule has 5 heteroatoms. The van der Waals surface area contributed by atoms with Crippen molar-refractivity contribution in [2.75, 3.05) is 20.0 Å². The molecule has 0 aliphatic heterocycles. The van der Waals surface area contributed by atoms with E-state index in [1.54, 1.807) is 7.11 Å². The zero-order valence-electron chi connectivity index (χ0n) is 8.94. The molecule has 0 radical (unpaired) electrons. The maximum Gasteiger partial charge on any atom is 0.350 e. The van der Waals surface area contributed by atoms with Crippen LogP contribution in [0.4, 0.5) is 5.69 Å². The number of carbonyl (C=O) groups is 1. The number of ether oxygens (including phenoxy) is 2. The van der Waals surface area contributed by atoms with Crippen LogP contribution < -0.4 is 10.5 Å². The summed E-state index contributed by atoms with van der Waals surface area (Å²) in [5.74, 6) is 0.311. The van der Waals surface area contributed by atoms with Gasteiger partial charge in [-0.25, -0.2) is 4.79 Å². The van der Waals surface area contributed by atoms with Crippen LogP contribution in [-0.2, 0) is 4.74 Å². The van der Waals surface area contributed by atoms with Crippen molar-refractivity contribution in [3.05, 3.63) is 23.1 Å². The summed E-state index contributed by atoms with van der Waals surface area (Å²) in [5, 5.41) is 0.824. The Labute approximate surface area is 96.6 Å². The maximum atomic E-state index is 11.4. The second-order valence-corrected chi connectivity index (χ2v) is 4.25. The Bertz CT molecular complexity index is 547. The second-order valence-electron chi connectivity index (χ2n) is 3.20. The Kier molecular flexibility index (Phi) is 2.70. The molecule has 4 nitrogen and oxygen atoms in total. The number of methoxy groups -OCH3 is 2.